The second-order valence-electron chi connectivity index (χ2n) is 2.54. The first-order valence-corrected chi connectivity index (χ1v) is 4.79. The van der Waals surface area contributed by atoms with E-state index in [0.717, 1.165) is 11.6 Å². The quantitative estimate of drug-likeness (QED) is 0.513. The molecule has 0 aromatic heterocycles. The van der Waals surface area contributed by atoms with E-state index < -0.39 is 0 Å². The lowest BCUT2D eigenvalue weighted by atomic mass is 10.0. The van der Waals surface area contributed by atoms with Gasteiger partial charge in [-0.3, -0.25) is 0 Å². The van der Waals surface area contributed by atoms with E-state index in [-0.39, 0.29) is 0 Å². The van der Waals surface area contributed by atoms with Crippen molar-refractivity contribution in [1.29, 1.82) is 0 Å². The molecule has 0 spiro atoms. The molecule has 1 saturated heterocycles. The lowest BCUT2D eigenvalue weighted by molar-refractivity contribution is 0.666. The van der Waals surface area contributed by atoms with Crippen molar-refractivity contribution < 1.29 is 0 Å². The van der Waals surface area contributed by atoms with Crippen LogP contribution in [0, 0.1) is 5.92 Å². The van der Waals surface area contributed by atoms with Gasteiger partial charge >= 0.3 is 0 Å². The summed E-state index contributed by atoms with van der Waals surface area (Å²) in [6.07, 6.45) is 4.31. The maximum Gasteiger partial charge on any atom is 0.138 e. The standard InChI is InChI=1S/C7H8ClNS/c8-7-6-5(1-3-9-7)2-4-10-6/h3,5H,1-2,4H2. The monoisotopic (exact) mass is 173 g/mol. The van der Waals surface area contributed by atoms with E-state index in [1.165, 1.54) is 17.1 Å². The van der Waals surface area contributed by atoms with E-state index in [0.29, 0.717) is 5.92 Å². The highest BCUT2D eigenvalue weighted by Crippen LogP contribution is 2.42. The van der Waals surface area contributed by atoms with Gasteiger partial charge in [-0.25, -0.2) is 4.99 Å². The molecular formula is C7H8ClNS. The number of allylic oxidation sites excluding steroid dienone is 1. The molecule has 0 aromatic rings. The first-order chi connectivity index (χ1) is 4.88. The maximum atomic E-state index is 5.88. The summed E-state index contributed by atoms with van der Waals surface area (Å²) in [5.41, 5.74) is 0. The number of rotatable bonds is 0. The molecule has 0 saturated carbocycles. The van der Waals surface area contributed by atoms with E-state index in [2.05, 4.69) is 4.99 Å². The van der Waals surface area contributed by atoms with Gasteiger partial charge in [0.15, 0.2) is 0 Å². The lowest BCUT2D eigenvalue weighted by Gasteiger charge is -2.11. The molecule has 2 aliphatic heterocycles. The van der Waals surface area contributed by atoms with Crippen LogP contribution in [0.3, 0.4) is 0 Å². The van der Waals surface area contributed by atoms with E-state index in [4.69, 9.17) is 11.6 Å². The third-order valence-corrected chi connectivity index (χ3v) is 3.58. The predicted molar refractivity (Wildman–Crippen MR) is 46.6 cm³/mol. The van der Waals surface area contributed by atoms with Gasteiger partial charge in [-0.05, 0) is 24.5 Å². The van der Waals surface area contributed by atoms with Crippen LogP contribution in [0.1, 0.15) is 12.8 Å². The van der Waals surface area contributed by atoms with Gasteiger partial charge in [0.25, 0.3) is 0 Å². The summed E-state index contributed by atoms with van der Waals surface area (Å²) in [6, 6.07) is 0. The topological polar surface area (TPSA) is 12.4 Å². The van der Waals surface area contributed by atoms with Gasteiger partial charge in [0, 0.05) is 11.1 Å². The van der Waals surface area contributed by atoms with E-state index in [1.807, 2.05) is 18.0 Å². The van der Waals surface area contributed by atoms with E-state index in [9.17, 15) is 0 Å². The van der Waals surface area contributed by atoms with Crippen LogP contribution in [0.4, 0.5) is 0 Å². The van der Waals surface area contributed by atoms with Gasteiger partial charge in [-0.15, -0.1) is 11.8 Å². The minimum absolute atomic E-state index is 0.704. The summed E-state index contributed by atoms with van der Waals surface area (Å²) >= 11 is 7.75. The molecule has 54 valence electrons. The largest absolute Gasteiger partial charge is 0.248 e. The van der Waals surface area contributed by atoms with Gasteiger partial charge in [0.2, 0.25) is 0 Å². The van der Waals surface area contributed by atoms with Gasteiger partial charge < -0.3 is 0 Å². The van der Waals surface area contributed by atoms with Gasteiger partial charge in [0.05, 0.1) is 0 Å². The highest BCUT2D eigenvalue weighted by atomic mass is 35.5. The predicted octanol–water partition coefficient (Wildman–Crippen LogP) is 2.62. The number of fused-ring (bicyclic) bond motifs is 1. The number of nitrogens with zero attached hydrogens (tertiary/aromatic N) is 1. The van der Waals surface area contributed by atoms with Crippen LogP contribution in [-0.2, 0) is 0 Å². The van der Waals surface area contributed by atoms with Crippen molar-refractivity contribution >= 4 is 29.6 Å². The van der Waals surface area contributed by atoms with Gasteiger partial charge in [-0.2, -0.15) is 0 Å². The van der Waals surface area contributed by atoms with Crippen molar-refractivity contribution in [2.45, 2.75) is 12.8 Å². The molecule has 0 bridgehead atoms. The highest BCUT2D eigenvalue weighted by molar-refractivity contribution is 8.03. The summed E-state index contributed by atoms with van der Waals surface area (Å²) in [6.45, 7) is 0. The minimum Gasteiger partial charge on any atom is -0.248 e. The minimum atomic E-state index is 0.704. The summed E-state index contributed by atoms with van der Waals surface area (Å²) in [4.78, 5) is 5.40. The Balaban J connectivity index is 2.32. The summed E-state index contributed by atoms with van der Waals surface area (Å²) in [7, 11) is 0. The van der Waals surface area contributed by atoms with Crippen molar-refractivity contribution in [3.05, 3.63) is 10.1 Å². The number of hydrogen-bond donors (Lipinski definition) is 0. The Hall–Kier alpha value is 0.0500. The molecular weight excluding hydrogens is 166 g/mol. The number of thioether (sulfide) groups is 1. The van der Waals surface area contributed by atoms with Crippen LogP contribution in [0.15, 0.2) is 15.1 Å². The zero-order chi connectivity index (χ0) is 6.97. The van der Waals surface area contributed by atoms with Crippen molar-refractivity contribution in [3.8, 4) is 0 Å². The zero-order valence-electron chi connectivity index (χ0n) is 5.51. The van der Waals surface area contributed by atoms with Crippen LogP contribution in [0.5, 0.6) is 0 Å². The molecule has 0 amide bonds. The Bertz CT molecular complexity index is 210. The van der Waals surface area contributed by atoms with E-state index in [1.54, 1.807) is 0 Å². The van der Waals surface area contributed by atoms with Crippen LogP contribution in [0.25, 0.3) is 0 Å². The molecule has 0 radical (unpaired) electrons. The molecule has 0 aromatic carbocycles. The Morgan fingerprint density at radius 1 is 1.70 bits per heavy atom. The molecule has 3 heteroatoms. The Kier molecular flexibility index (Phi) is 1.75. The van der Waals surface area contributed by atoms with Crippen molar-refractivity contribution in [1.82, 2.24) is 0 Å². The third-order valence-electron chi connectivity index (χ3n) is 1.89. The normalized spacial score (nSPS) is 31.1. The van der Waals surface area contributed by atoms with Crippen molar-refractivity contribution in [2.75, 3.05) is 5.75 Å². The summed E-state index contributed by atoms with van der Waals surface area (Å²) in [5.74, 6) is 1.93. The maximum absolute atomic E-state index is 5.88. The fraction of sp³-hybridized carbons (Fsp3) is 0.571. The van der Waals surface area contributed by atoms with Crippen molar-refractivity contribution in [2.24, 2.45) is 10.9 Å². The van der Waals surface area contributed by atoms with Crippen LogP contribution in [0.2, 0.25) is 0 Å². The van der Waals surface area contributed by atoms with Crippen LogP contribution in [-0.4, -0.2) is 12.0 Å². The van der Waals surface area contributed by atoms with Crippen LogP contribution >= 0.6 is 23.4 Å². The molecule has 1 unspecified atom stereocenters. The Morgan fingerprint density at radius 2 is 2.60 bits per heavy atom. The first-order valence-electron chi connectivity index (χ1n) is 3.43. The second kappa shape index (κ2) is 2.59. The average molecular weight is 174 g/mol. The Morgan fingerprint density at radius 3 is 3.40 bits per heavy atom. The first kappa shape index (κ1) is 6.74. The number of hydrogen-bond acceptors (Lipinski definition) is 2. The molecule has 1 atom stereocenters. The molecule has 10 heavy (non-hydrogen) atoms. The van der Waals surface area contributed by atoms with Gasteiger partial charge in [0.1, 0.15) is 5.16 Å². The number of aliphatic imine (C=N–C) groups is 1. The van der Waals surface area contributed by atoms with Gasteiger partial charge in [-0.1, -0.05) is 11.6 Å². The highest BCUT2D eigenvalue weighted by Gasteiger charge is 2.25. The molecule has 2 heterocycles. The SMILES string of the molecule is ClC1=C2SCCC2CC=N1. The zero-order valence-corrected chi connectivity index (χ0v) is 7.08. The summed E-state index contributed by atoms with van der Waals surface area (Å²) < 4.78 is 0. The van der Waals surface area contributed by atoms with Crippen LogP contribution < -0.4 is 0 Å². The second-order valence-corrected chi connectivity index (χ2v) is 4.03. The fourth-order valence-electron chi connectivity index (χ4n) is 1.34. The average Bonchev–Trinajstić information content (AvgIpc) is 2.36. The molecule has 1 fully saturated rings. The fourth-order valence-corrected chi connectivity index (χ4v) is 2.97. The molecule has 0 aliphatic carbocycles. The Labute approximate surface area is 69.5 Å². The van der Waals surface area contributed by atoms with E-state index >= 15 is 0 Å². The molecule has 0 N–H and O–H groups in total. The number of halogens is 1. The summed E-state index contributed by atoms with van der Waals surface area (Å²) in [5, 5.41) is 0.735. The van der Waals surface area contributed by atoms with Crippen molar-refractivity contribution in [3.63, 3.8) is 0 Å². The smallest absolute Gasteiger partial charge is 0.138 e. The third kappa shape index (κ3) is 0.995. The molecule has 2 aliphatic rings. The molecule has 2 rings (SSSR count). The molecule has 1 nitrogen and oxygen atoms in total. The lowest BCUT2D eigenvalue weighted by Crippen LogP contribution is -2.02.